The number of hydrogen-bond acceptors (Lipinski definition) is 5. The molecule has 0 aromatic heterocycles. The number of Topliss-reactive ketones (excluding diaryl/α,β-unsaturated/α-hetero) is 1. The number of ether oxygens (including phenoxy) is 1. The van der Waals surface area contributed by atoms with Gasteiger partial charge in [-0.1, -0.05) is 0 Å². The van der Waals surface area contributed by atoms with Crippen molar-refractivity contribution in [3.05, 3.63) is 0 Å². The van der Waals surface area contributed by atoms with Crippen LogP contribution in [0.1, 0.15) is 20.3 Å². The number of carbonyl (C=O) groups is 2. The number of sulfone groups is 1. The molecule has 16 heavy (non-hydrogen) atoms. The Labute approximate surface area is 95.1 Å². The van der Waals surface area contributed by atoms with Crippen molar-refractivity contribution in [2.75, 3.05) is 18.1 Å². The maximum absolute atomic E-state index is 11.5. The SMILES string of the molecule is CCOC(=O)[C@@H](C(C)=O)[C@@H]1CCS(=O)(=O)C1. The lowest BCUT2D eigenvalue weighted by Crippen LogP contribution is -2.32. The fourth-order valence-electron chi connectivity index (χ4n) is 2.01. The molecule has 6 heteroatoms. The summed E-state index contributed by atoms with van der Waals surface area (Å²) in [5.41, 5.74) is 0. The first-order valence-electron chi connectivity index (χ1n) is 5.25. The van der Waals surface area contributed by atoms with Crippen LogP contribution in [0.2, 0.25) is 0 Å². The molecular weight excluding hydrogens is 232 g/mol. The molecule has 1 heterocycles. The van der Waals surface area contributed by atoms with E-state index in [2.05, 4.69) is 0 Å². The van der Waals surface area contributed by atoms with Gasteiger partial charge in [-0.15, -0.1) is 0 Å². The van der Waals surface area contributed by atoms with Gasteiger partial charge in [0, 0.05) is 0 Å². The summed E-state index contributed by atoms with van der Waals surface area (Å²) in [6.45, 7) is 3.15. The Morgan fingerprint density at radius 2 is 2.06 bits per heavy atom. The van der Waals surface area contributed by atoms with Crippen molar-refractivity contribution < 1.29 is 22.7 Å². The van der Waals surface area contributed by atoms with E-state index in [1.165, 1.54) is 6.92 Å². The summed E-state index contributed by atoms with van der Waals surface area (Å²) >= 11 is 0. The van der Waals surface area contributed by atoms with Gasteiger partial charge in [-0.05, 0) is 26.2 Å². The minimum absolute atomic E-state index is 0.0564. The van der Waals surface area contributed by atoms with Crippen molar-refractivity contribution in [2.45, 2.75) is 20.3 Å². The van der Waals surface area contributed by atoms with E-state index in [-0.39, 0.29) is 23.9 Å². The van der Waals surface area contributed by atoms with Crippen LogP contribution in [0.5, 0.6) is 0 Å². The van der Waals surface area contributed by atoms with Gasteiger partial charge in [0.25, 0.3) is 0 Å². The van der Waals surface area contributed by atoms with E-state index in [0.29, 0.717) is 6.42 Å². The first-order chi connectivity index (χ1) is 7.37. The zero-order valence-corrected chi connectivity index (χ0v) is 10.2. The molecule has 1 fully saturated rings. The Balaban J connectivity index is 2.80. The molecule has 0 saturated carbocycles. The first-order valence-corrected chi connectivity index (χ1v) is 7.07. The van der Waals surface area contributed by atoms with Gasteiger partial charge < -0.3 is 4.74 Å². The topological polar surface area (TPSA) is 77.5 Å². The van der Waals surface area contributed by atoms with Crippen molar-refractivity contribution in [1.29, 1.82) is 0 Å². The Morgan fingerprint density at radius 1 is 1.44 bits per heavy atom. The number of ketones is 1. The van der Waals surface area contributed by atoms with Crippen LogP contribution in [0, 0.1) is 11.8 Å². The van der Waals surface area contributed by atoms with Crippen LogP contribution in [0.25, 0.3) is 0 Å². The van der Waals surface area contributed by atoms with Crippen LogP contribution >= 0.6 is 0 Å². The van der Waals surface area contributed by atoms with E-state index in [9.17, 15) is 18.0 Å². The van der Waals surface area contributed by atoms with Crippen LogP contribution in [-0.2, 0) is 24.2 Å². The van der Waals surface area contributed by atoms with Crippen LogP contribution in [0.4, 0.5) is 0 Å². The van der Waals surface area contributed by atoms with Crippen LogP contribution in [0.3, 0.4) is 0 Å². The van der Waals surface area contributed by atoms with Gasteiger partial charge in [-0.25, -0.2) is 8.42 Å². The summed E-state index contributed by atoms with van der Waals surface area (Å²) in [7, 11) is -3.08. The molecule has 1 aliphatic rings. The van der Waals surface area contributed by atoms with Gasteiger partial charge >= 0.3 is 5.97 Å². The third kappa shape index (κ3) is 3.04. The minimum atomic E-state index is -3.08. The van der Waals surface area contributed by atoms with E-state index in [1.54, 1.807) is 6.92 Å². The minimum Gasteiger partial charge on any atom is -0.465 e. The number of carbonyl (C=O) groups excluding carboxylic acids is 2. The molecular formula is C10H16O5S. The Kier molecular flexibility index (Phi) is 4.07. The molecule has 1 rings (SSSR count). The molecule has 2 atom stereocenters. The van der Waals surface area contributed by atoms with Crippen molar-refractivity contribution in [1.82, 2.24) is 0 Å². The van der Waals surface area contributed by atoms with Gasteiger partial charge in [-0.2, -0.15) is 0 Å². The predicted octanol–water partition coefficient (Wildman–Crippen LogP) is 0.189. The van der Waals surface area contributed by atoms with Crippen LogP contribution < -0.4 is 0 Å². The third-order valence-corrected chi connectivity index (χ3v) is 4.51. The van der Waals surface area contributed by atoms with E-state index in [0.717, 1.165) is 0 Å². The highest BCUT2D eigenvalue weighted by molar-refractivity contribution is 7.91. The Bertz CT molecular complexity index is 384. The maximum atomic E-state index is 11.5. The summed E-state index contributed by atoms with van der Waals surface area (Å²) in [5, 5.41) is 0. The highest BCUT2D eigenvalue weighted by atomic mass is 32.2. The largest absolute Gasteiger partial charge is 0.465 e. The van der Waals surface area contributed by atoms with Crippen LogP contribution in [0.15, 0.2) is 0 Å². The fraction of sp³-hybridized carbons (Fsp3) is 0.800. The summed E-state index contributed by atoms with van der Waals surface area (Å²) in [6, 6.07) is 0. The summed E-state index contributed by atoms with van der Waals surface area (Å²) < 4.78 is 27.4. The van der Waals surface area contributed by atoms with Gasteiger partial charge in [-0.3, -0.25) is 9.59 Å². The number of esters is 1. The summed E-state index contributed by atoms with van der Waals surface area (Å²) in [4.78, 5) is 22.9. The summed E-state index contributed by atoms with van der Waals surface area (Å²) in [6.07, 6.45) is 0.366. The monoisotopic (exact) mass is 248 g/mol. The lowest BCUT2D eigenvalue weighted by atomic mass is 9.89. The fourth-order valence-corrected chi connectivity index (χ4v) is 3.85. The predicted molar refractivity (Wildman–Crippen MR) is 57.6 cm³/mol. The van der Waals surface area contributed by atoms with Crippen molar-refractivity contribution in [3.63, 3.8) is 0 Å². The molecule has 0 N–H and O–H groups in total. The van der Waals surface area contributed by atoms with Crippen molar-refractivity contribution in [2.24, 2.45) is 11.8 Å². The molecule has 0 amide bonds. The second kappa shape index (κ2) is 4.95. The van der Waals surface area contributed by atoms with E-state index in [1.807, 2.05) is 0 Å². The van der Waals surface area contributed by atoms with Gasteiger partial charge in [0.15, 0.2) is 9.84 Å². The number of rotatable bonds is 4. The second-order valence-corrected chi connectivity index (χ2v) is 6.23. The van der Waals surface area contributed by atoms with E-state index < -0.39 is 27.6 Å². The molecule has 0 aromatic rings. The quantitative estimate of drug-likeness (QED) is 0.524. The zero-order valence-electron chi connectivity index (χ0n) is 9.43. The molecule has 0 radical (unpaired) electrons. The molecule has 0 aliphatic carbocycles. The van der Waals surface area contributed by atoms with Crippen molar-refractivity contribution >= 4 is 21.6 Å². The highest BCUT2D eigenvalue weighted by Gasteiger charge is 2.40. The molecule has 5 nitrogen and oxygen atoms in total. The van der Waals surface area contributed by atoms with Crippen molar-refractivity contribution in [3.8, 4) is 0 Å². The van der Waals surface area contributed by atoms with Gasteiger partial charge in [0.1, 0.15) is 11.7 Å². The lowest BCUT2D eigenvalue weighted by Gasteiger charge is -2.17. The molecule has 1 aliphatic heterocycles. The van der Waals surface area contributed by atoms with E-state index in [4.69, 9.17) is 4.74 Å². The summed E-state index contributed by atoms with van der Waals surface area (Å²) in [5.74, 6) is -2.28. The van der Waals surface area contributed by atoms with Gasteiger partial charge in [0.05, 0.1) is 18.1 Å². The second-order valence-electron chi connectivity index (χ2n) is 4.00. The normalized spacial score (nSPS) is 25.0. The Hall–Kier alpha value is -0.910. The third-order valence-electron chi connectivity index (χ3n) is 2.72. The highest BCUT2D eigenvalue weighted by Crippen LogP contribution is 2.27. The Morgan fingerprint density at radius 3 is 2.44 bits per heavy atom. The molecule has 0 bridgehead atoms. The van der Waals surface area contributed by atoms with E-state index >= 15 is 0 Å². The molecule has 92 valence electrons. The molecule has 1 saturated heterocycles. The molecule has 0 spiro atoms. The first kappa shape index (κ1) is 13.2. The average Bonchev–Trinajstić information content (AvgIpc) is 2.46. The van der Waals surface area contributed by atoms with Gasteiger partial charge in [0.2, 0.25) is 0 Å². The number of hydrogen-bond donors (Lipinski definition) is 0. The molecule has 0 aromatic carbocycles. The zero-order chi connectivity index (χ0) is 12.3. The van der Waals surface area contributed by atoms with Crippen LogP contribution in [-0.4, -0.2) is 38.3 Å². The molecule has 0 unspecified atom stereocenters. The smallest absolute Gasteiger partial charge is 0.316 e. The average molecular weight is 248 g/mol. The maximum Gasteiger partial charge on any atom is 0.316 e. The lowest BCUT2D eigenvalue weighted by molar-refractivity contribution is -0.153. The standard InChI is InChI=1S/C10H16O5S/c1-3-15-10(12)9(7(2)11)8-4-5-16(13,14)6-8/h8-9H,3-6H2,1-2H3/t8-,9+/m1/s1.